The smallest absolute Gasteiger partial charge is 0.249 e. The van der Waals surface area contributed by atoms with Gasteiger partial charge in [0.2, 0.25) is 5.91 Å². The van der Waals surface area contributed by atoms with Crippen LogP contribution in [0.25, 0.3) is 0 Å². The maximum Gasteiger partial charge on any atom is 0.249 e. The molecule has 48 valence electrons. The number of carbonyl (C=O) groups excluding carboxylic acids is 1. The predicted octanol–water partition coefficient (Wildman–Crippen LogP) is 1.32. The molecule has 0 bridgehead atoms. The molecule has 0 fully saturated rings. The molecule has 0 aromatic heterocycles. The Labute approximate surface area is 54.3 Å². The topological polar surface area (TPSA) is 29.4 Å². The predicted molar refractivity (Wildman–Crippen MR) is 36.5 cm³/mol. The Morgan fingerprint density at radius 2 is 2.56 bits per heavy atom. The molecule has 0 spiro atoms. The molecule has 1 amide bonds. The van der Waals surface area contributed by atoms with E-state index in [0.29, 0.717) is 6.42 Å². The quantitative estimate of drug-likeness (QED) is 0.517. The number of hydrogen-bond donors (Lipinski definition) is 0. The number of allylic oxidation sites excluding steroid dienone is 1. The summed E-state index contributed by atoms with van der Waals surface area (Å²) in [5, 5.41) is 0. The van der Waals surface area contributed by atoms with Gasteiger partial charge in [0.25, 0.3) is 0 Å². The zero-order valence-corrected chi connectivity index (χ0v) is 5.42. The molecule has 0 N–H and O–H groups in total. The van der Waals surface area contributed by atoms with Gasteiger partial charge in [-0.1, -0.05) is 13.0 Å². The fraction of sp³-hybridized carbons (Fsp3) is 0.429. The van der Waals surface area contributed by atoms with E-state index in [0.717, 1.165) is 12.0 Å². The Morgan fingerprint density at radius 3 is 3.00 bits per heavy atom. The average Bonchev–Trinajstić information content (AvgIpc) is 1.90. The highest BCUT2D eigenvalue weighted by molar-refractivity contribution is 5.95. The Morgan fingerprint density at radius 1 is 1.78 bits per heavy atom. The number of nitrogens with zero attached hydrogens (tertiary/aromatic N) is 1. The lowest BCUT2D eigenvalue weighted by Gasteiger charge is -1.99. The van der Waals surface area contributed by atoms with Gasteiger partial charge < -0.3 is 0 Å². The van der Waals surface area contributed by atoms with Crippen LogP contribution in [-0.2, 0) is 4.79 Å². The van der Waals surface area contributed by atoms with E-state index in [4.69, 9.17) is 0 Å². The first-order valence-corrected chi connectivity index (χ1v) is 3.09. The molecule has 0 aromatic rings. The Bertz CT molecular complexity index is 179. The average molecular weight is 123 g/mol. The number of amides is 1. The van der Waals surface area contributed by atoms with Crippen molar-refractivity contribution in [3.63, 3.8) is 0 Å². The van der Waals surface area contributed by atoms with Gasteiger partial charge in [-0.15, -0.1) is 0 Å². The Balaban J connectivity index is 2.63. The molecule has 0 saturated carbocycles. The summed E-state index contributed by atoms with van der Waals surface area (Å²) in [4.78, 5) is 14.1. The lowest BCUT2D eigenvalue weighted by Crippen LogP contribution is -1.99. The molecule has 1 rings (SSSR count). The number of hydrogen-bond acceptors (Lipinski definition) is 1. The lowest BCUT2D eigenvalue weighted by atomic mass is 10.1. The van der Waals surface area contributed by atoms with E-state index in [1.165, 1.54) is 0 Å². The highest BCUT2D eigenvalue weighted by Crippen LogP contribution is 2.04. The fourth-order valence-electron chi connectivity index (χ4n) is 0.714. The monoisotopic (exact) mass is 123 g/mol. The number of dihydropyridines is 1. The highest BCUT2D eigenvalue weighted by Gasteiger charge is 2.01. The van der Waals surface area contributed by atoms with E-state index < -0.39 is 0 Å². The number of rotatable bonds is 1. The normalized spacial score (nSPS) is 17.9. The zero-order chi connectivity index (χ0) is 6.69. The van der Waals surface area contributed by atoms with Gasteiger partial charge in [0, 0.05) is 12.6 Å². The third-order valence-corrected chi connectivity index (χ3v) is 1.32. The number of aliphatic imine (C=N–C) groups is 1. The molecule has 1 aliphatic heterocycles. The summed E-state index contributed by atoms with van der Waals surface area (Å²) >= 11 is 0. The van der Waals surface area contributed by atoms with E-state index in [9.17, 15) is 4.79 Å². The molecule has 0 radical (unpaired) electrons. The van der Waals surface area contributed by atoms with Crippen molar-refractivity contribution in [2.45, 2.75) is 19.8 Å². The van der Waals surface area contributed by atoms with Crippen LogP contribution in [0.1, 0.15) is 19.8 Å². The Kier molecular flexibility index (Phi) is 1.78. The van der Waals surface area contributed by atoms with Crippen LogP contribution in [0, 0.1) is 0 Å². The molecule has 1 aliphatic rings. The summed E-state index contributed by atoms with van der Waals surface area (Å²) in [6, 6.07) is 0. The van der Waals surface area contributed by atoms with E-state index >= 15 is 0 Å². The first-order chi connectivity index (χ1) is 4.33. The van der Waals surface area contributed by atoms with Gasteiger partial charge in [0.05, 0.1) is 0 Å². The summed E-state index contributed by atoms with van der Waals surface area (Å²) in [5.41, 5.74) is 1.16. The van der Waals surface area contributed by atoms with E-state index in [1.807, 2.05) is 13.0 Å². The first kappa shape index (κ1) is 6.20. The Hall–Kier alpha value is -0.920. The van der Waals surface area contributed by atoms with Gasteiger partial charge in [0.15, 0.2) is 0 Å². The van der Waals surface area contributed by atoms with Crippen molar-refractivity contribution >= 4 is 12.1 Å². The lowest BCUT2D eigenvalue weighted by molar-refractivity contribution is -0.117. The molecular weight excluding hydrogens is 114 g/mol. The fourth-order valence-corrected chi connectivity index (χ4v) is 0.714. The molecule has 0 unspecified atom stereocenters. The van der Waals surface area contributed by atoms with Crippen molar-refractivity contribution in [2.24, 2.45) is 4.99 Å². The third kappa shape index (κ3) is 1.49. The minimum absolute atomic E-state index is 0.0350. The van der Waals surface area contributed by atoms with Gasteiger partial charge in [-0.3, -0.25) is 4.79 Å². The number of carbonyl (C=O) groups is 1. The summed E-state index contributed by atoms with van der Waals surface area (Å²) in [6.45, 7) is 2.05. The second-order valence-corrected chi connectivity index (χ2v) is 1.99. The van der Waals surface area contributed by atoms with Crippen LogP contribution < -0.4 is 0 Å². The molecule has 0 aromatic carbocycles. The summed E-state index contributed by atoms with van der Waals surface area (Å²) < 4.78 is 0. The van der Waals surface area contributed by atoms with Gasteiger partial charge in [0.1, 0.15) is 0 Å². The van der Waals surface area contributed by atoms with Crippen LogP contribution in [0.4, 0.5) is 0 Å². The molecule has 1 heterocycles. The van der Waals surface area contributed by atoms with Crippen molar-refractivity contribution in [3.05, 3.63) is 11.6 Å². The molecule has 2 heteroatoms. The highest BCUT2D eigenvalue weighted by atomic mass is 16.1. The van der Waals surface area contributed by atoms with Crippen LogP contribution in [0.3, 0.4) is 0 Å². The van der Waals surface area contributed by atoms with Crippen LogP contribution in [0.2, 0.25) is 0 Å². The largest absolute Gasteiger partial charge is 0.272 e. The second-order valence-electron chi connectivity index (χ2n) is 1.99. The zero-order valence-electron chi connectivity index (χ0n) is 5.42. The molecule has 0 atom stereocenters. The van der Waals surface area contributed by atoms with Gasteiger partial charge in [-0.2, -0.15) is 0 Å². The molecule has 2 nitrogen and oxygen atoms in total. The SMILES string of the molecule is CCC1=CCC(=O)N=C1. The standard InChI is InChI=1S/C7H9NO/c1-2-6-3-4-7(9)8-5-6/h3,5H,2,4H2,1H3. The maximum atomic E-state index is 10.5. The van der Waals surface area contributed by atoms with Crippen molar-refractivity contribution in [1.29, 1.82) is 0 Å². The van der Waals surface area contributed by atoms with Crippen molar-refractivity contribution in [1.82, 2.24) is 0 Å². The molecule has 0 aliphatic carbocycles. The molecular formula is C7H9NO. The van der Waals surface area contributed by atoms with Crippen molar-refractivity contribution < 1.29 is 4.79 Å². The van der Waals surface area contributed by atoms with Crippen LogP contribution in [-0.4, -0.2) is 12.1 Å². The summed E-state index contributed by atoms with van der Waals surface area (Å²) in [5.74, 6) is -0.0350. The minimum Gasteiger partial charge on any atom is -0.272 e. The van der Waals surface area contributed by atoms with Crippen molar-refractivity contribution in [3.8, 4) is 0 Å². The van der Waals surface area contributed by atoms with Gasteiger partial charge in [-0.25, -0.2) is 4.99 Å². The summed E-state index contributed by atoms with van der Waals surface area (Å²) in [6.07, 6.45) is 5.03. The van der Waals surface area contributed by atoms with E-state index in [2.05, 4.69) is 4.99 Å². The van der Waals surface area contributed by atoms with Crippen LogP contribution in [0.5, 0.6) is 0 Å². The van der Waals surface area contributed by atoms with E-state index in [-0.39, 0.29) is 5.91 Å². The van der Waals surface area contributed by atoms with Gasteiger partial charge in [-0.05, 0) is 12.0 Å². The molecule has 0 saturated heterocycles. The van der Waals surface area contributed by atoms with Crippen LogP contribution in [0.15, 0.2) is 16.6 Å². The van der Waals surface area contributed by atoms with Crippen molar-refractivity contribution in [2.75, 3.05) is 0 Å². The van der Waals surface area contributed by atoms with Crippen LogP contribution >= 0.6 is 0 Å². The van der Waals surface area contributed by atoms with E-state index in [1.54, 1.807) is 6.21 Å². The molecule has 9 heavy (non-hydrogen) atoms. The third-order valence-electron chi connectivity index (χ3n) is 1.32. The maximum absolute atomic E-state index is 10.5. The van der Waals surface area contributed by atoms with Gasteiger partial charge >= 0.3 is 0 Å². The second kappa shape index (κ2) is 2.58. The minimum atomic E-state index is -0.0350. The summed E-state index contributed by atoms with van der Waals surface area (Å²) in [7, 11) is 0. The first-order valence-electron chi connectivity index (χ1n) is 3.09.